The largest absolute Gasteiger partial charge is 0.0871 e. The average Bonchev–Trinajstić information content (AvgIpc) is 2.16. The lowest BCUT2D eigenvalue weighted by atomic mass is 9.70. The average molecular weight is 148 g/mol. The molecule has 0 heterocycles. The number of allylic oxidation sites excluding steroid dienone is 4. The maximum Gasteiger partial charge on any atom is -0.00182 e. The Morgan fingerprint density at radius 2 is 2.00 bits per heavy atom. The number of hydrogen-bond acceptors (Lipinski definition) is 0. The van der Waals surface area contributed by atoms with Crippen LogP contribution < -0.4 is 0 Å². The first-order valence-corrected chi connectivity index (χ1v) is 4.42. The summed E-state index contributed by atoms with van der Waals surface area (Å²) in [7, 11) is 0. The van der Waals surface area contributed by atoms with Crippen LogP contribution in [0.15, 0.2) is 23.8 Å². The molecule has 0 heteroatoms. The Kier molecular flexibility index (Phi) is 1.17. The van der Waals surface area contributed by atoms with Crippen LogP contribution in [0.2, 0.25) is 0 Å². The van der Waals surface area contributed by atoms with Gasteiger partial charge in [-0.25, -0.2) is 0 Å². The van der Waals surface area contributed by atoms with Crippen LogP contribution in [0.1, 0.15) is 33.6 Å². The zero-order valence-electron chi connectivity index (χ0n) is 7.65. The predicted molar refractivity (Wildman–Crippen MR) is 48.3 cm³/mol. The van der Waals surface area contributed by atoms with Crippen LogP contribution >= 0.6 is 0 Å². The Morgan fingerprint density at radius 1 is 1.27 bits per heavy atom. The van der Waals surface area contributed by atoms with Crippen LogP contribution in [-0.2, 0) is 0 Å². The minimum Gasteiger partial charge on any atom is -0.0871 e. The summed E-state index contributed by atoms with van der Waals surface area (Å²) >= 11 is 0. The Labute approximate surface area is 69.0 Å². The first-order chi connectivity index (χ1) is 5.06. The van der Waals surface area contributed by atoms with Gasteiger partial charge in [0.05, 0.1) is 0 Å². The van der Waals surface area contributed by atoms with Crippen LogP contribution in [0.25, 0.3) is 0 Å². The van der Waals surface area contributed by atoms with E-state index in [1.54, 1.807) is 5.57 Å². The van der Waals surface area contributed by atoms with E-state index in [0.717, 1.165) is 0 Å². The highest BCUT2D eigenvalue weighted by Crippen LogP contribution is 2.57. The zero-order chi connectivity index (χ0) is 8.11. The molecule has 0 N–H and O–H groups in total. The molecule has 0 fully saturated rings. The molecule has 2 aliphatic rings. The molecule has 0 saturated heterocycles. The predicted octanol–water partition coefficient (Wildman–Crippen LogP) is 3.31. The zero-order valence-corrected chi connectivity index (χ0v) is 7.65. The monoisotopic (exact) mass is 148 g/mol. The van der Waals surface area contributed by atoms with E-state index >= 15 is 0 Å². The van der Waals surface area contributed by atoms with Crippen LogP contribution in [0.5, 0.6) is 0 Å². The molecule has 0 aromatic heterocycles. The maximum absolute atomic E-state index is 2.47. The van der Waals surface area contributed by atoms with Crippen LogP contribution in [0.4, 0.5) is 0 Å². The molecule has 0 amide bonds. The summed E-state index contributed by atoms with van der Waals surface area (Å²) in [6.07, 6.45) is 9.71. The number of rotatable bonds is 0. The van der Waals surface area contributed by atoms with Crippen molar-refractivity contribution in [2.45, 2.75) is 33.6 Å². The molecule has 0 nitrogen and oxygen atoms in total. The van der Waals surface area contributed by atoms with Crippen molar-refractivity contribution >= 4 is 0 Å². The van der Waals surface area contributed by atoms with Gasteiger partial charge in [0.2, 0.25) is 0 Å². The standard InChI is InChI=1S/C11H16/c1-9-7-10(2)5-4-6-11(10,3)8-9/h4-5,8H,6-7H2,1-3H3/t10-,11+/m1/s1. The highest BCUT2D eigenvalue weighted by molar-refractivity contribution is 5.31. The molecule has 2 aliphatic carbocycles. The first-order valence-electron chi connectivity index (χ1n) is 4.42. The van der Waals surface area contributed by atoms with E-state index in [1.807, 2.05) is 0 Å². The smallest absolute Gasteiger partial charge is 0.00182 e. The molecule has 0 spiro atoms. The second-order valence-electron chi connectivity index (χ2n) is 4.61. The molecule has 0 aromatic rings. The van der Waals surface area contributed by atoms with Crippen LogP contribution in [0.3, 0.4) is 0 Å². The molecule has 0 unspecified atom stereocenters. The van der Waals surface area contributed by atoms with E-state index in [2.05, 4.69) is 39.0 Å². The highest BCUT2D eigenvalue weighted by Gasteiger charge is 2.47. The Balaban J connectivity index is 2.42. The molecule has 2 atom stereocenters. The van der Waals surface area contributed by atoms with Gasteiger partial charge >= 0.3 is 0 Å². The van der Waals surface area contributed by atoms with Crippen molar-refractivity contribution in [3.8, 4) is 0 Å². The van der Waals surface area contributed by atoms with Gasteiger partial charge in [-0.1, -0.05) is 37.6 Å². The quantitative estimate of drug-likeness (QED) is 0.462. The first kappa shape index (κ1) is 7.15. The van der Waals surface area contributed by atoms with Gasteiger partial charge in [0.25, 0.3) is 0 Å². The summed E-state index contributed by atoms with van der Waals surface area (Å²) in [6, 6.07) is 0. The van der Waals surface area contributed by atoms with Crippen LogP contribution in [-0.4, -0.2) is 0 Å². The summed E-state index contributed by atoms with van der Waals surface area (Å²) in [4.78, 5) is 0. The second-order valence-corrected chi connectivity index (χ2v) is 4.61. The van der Waals surface area contributed by atoms with Crippen molar-refractivity contribution in [3.63, 3.8) is 0 Å². The lowest BCUT2D eigenvalue weighted by molar-refractivity contribution is 0.230. The lowest BCUT2D eigenvalue weighted by Crippen LogP contribution is -2.26. The van der Waals surface area contributed by atoms with Crippen molar-refractivity contribution in [3.05, 3.63) is 23.8 Å². The van der Waals surface area contributed by atoms with Crippen molar-refractivity contribution in [1.82, 2.24) is 0 Å². The summed E-state index contributed by atoms with van der Waals surface area (Å²) in [5.41, 5.74) is 2.45. The van der Waals surface area contributed by atoms with Crippen molar-refractivity contribution in [1.29, 1.82) is 0 Å². The minimum absolute atomic E-state index is 0.442. The van der Waals surface area contributed by atoms with Gasteiger partial charge < -0.3 is 0 Å². The highest BCUT2D eigenvalue weighted by atomic mass is 14.5. The fourth-order valence-corrected chi connectivity index (χ4v) is 2.65. The van der Waals surface area contributed by atoms with E-state index in [4.69, 9.17) is 0 Å². The van der Waals surface area contributed by atoms with Gasteiger partial charge in [0.1, 0.15) is 0 Å². The normalized spacial score (nSPS) is 47.7. The van der Waals surface area contributed by atoms with Crippen molar-refractivity contribution in [2.24, 2.45) is 10.8 Å². The van der Waals surface area contributed by atoms with Crippen molar-refractivity contribution in [2.75, 3.05) is 0 Å². The third kappa shape index (κ3) is 0.756. The molecular weight excluding hydrogens is 132 g/mol. The molecule has 60 valence electrons. The second kappa shape index (κ2) is 1.80. The van der Waals surface area contributed by atoms with Gasteiger partial charge in [0.15, 0.2) is 0 Å². The molecule has 0 aromatic carbocycles. The molecule has 11 heavy (non-hydrogen) atoms. The molecule has 0 bridgehead atoms. The molecule has 0 radical (unpaired) electrons. The third-order valence-electron chi connectivity index (χ3n) is 3.54. The van der Waals surface area contributed by atoms with Gasteiger partial charge in [-0.2, -0.15) is 0 Å². The summed E-state index contributed by atoms with van der Waals surface area (Å²) in [6.45, 7) is 7.01. The Hall–Kier alpha value is -0.520. The number of fused-ring (bicyclic) bond motifs is 1. The fourth-order valence-electron chi connectivity index (χ4n) is 2.65. The van der Waals surface area contributed by atoms with Crippen LogP contribution in [0, 0.1) is 10.8 Å². The molecule has 2 rings (SSSR count). The fraction of sp³-hybridized carbons (Fsp3) is 0.636. The summed E-state index contributed by atoms with van der Waals surface area (Å²) in [5, 5.41) is 0. The van der Waals surface area contributed by atoms with Gasteiger partial charge in [-0.05, 0) is 30.6 Å². The molecule has 0 saturated carbocycles. The number of hydrogen-bond donors (Lipinski definition) is 0. The molecule has 0 aliphatic heterocycles. The van der Waals surface area contributed by atoms with Gasteiger partial charge in [-0.15, -0.1) is 0 Å². The third-order valence-corrected chi connectivity index (χ3v) is 3.54. The van der Waals surface area contributed by atoms with Gasteiger partial charge in [0, 0.05) is 0 Å². The molecular formula is C11H16. The topological polar surface area (TPSA) is 0 Å². The lowest BCUT2D eigenvalue weighted by Gasteiger charge is -2.33. The SMILES string of the molecule is CC1=C[C@]2(C)CC=C[C@]2(C)C1. The van der Waals surface area contributed by atoms with Gasteiger partial charge in [-0.3, -0.25) is 0 Å². The van der Waals surface area contributed by atoms with E-state index in [0.29, 0.717) is 10.8 Å². The van der Waals surface area contributed by atoms with Crippen molar-refractivity contribution < 1.29 is 0 Å². The Bertz CT molecular complexity index is 247. The van der Waals surface area contributed by atoms with E-state index in [9.17, 15) is 0 Å². The minimum atomic E-state index is 0.442. The van der Waals surface area contributed by atoms with E-state index in [1.165, 1.54) is 12.8 Å². The van der Waals surface area contributed by atoms with E-state index < -0.39 is 0 Å². The summed E-state index contributed by atoms with van der Waals surface area (Å²) < 4.78 is 0. The van der Waals surface area contributed by atoms with E-state index in [-0.39, 0.29) is 0 Å². The maximum atomic E-state index is 2.47. The Morgan fingerprint density at radius 3 is 2.64 bits per heavy atom. The summed E-state index contributed by atoms with van der Waals surface area (Å²) in [5.74, 6) is 0.